The molecule has 0 amide bonds. The lowest BCUT2D eigenvalue weighted by atomic mass is 9.62. The molecule has 2 rings (SSSR count). The Balaban J connectivity index is 2.02. The van der Waals surface area contributed by atoms with Crippen molar-refractivity contribution in [2.75, 3.05) is 0 Å². The van der Waals surface area contributed by atoms with Gasteiger partial charge < -0.3 is 10.2 Å². The molecule has 0 unspecified atom stereocenters. The molecule has 0 aliphatic heterocycles. The van der Waals surface area contributed by atoms with Crippen LogP contribution < -0.4 is 0 Å². The molecule has 2 fully saturated rings. The van der Waals surface area contributed by atoms with Gasteiger partial charge in [0.25, 0.3) is 0 Å². The van der Waals surface area contributed by atoms with Gasteiger partial charge in [-0.1, -0.05) is 13.0 Å². The van der Waals surface area contributed by atoms with Crippen LogP contribution in [0, 0.1) is 17.3 Å². The molecule has 3 atom stereocenters. The highest BCUT2D eigenvalue weighted by molar-refractivity contribution is 5.96. The second kappa shape index (κ2) is 7.33. The fraction of sp³-hybridized carbons (Fsp3) is 0.579. The van der Waals surface area contributed by atoms with Gasteiger partial charge in [-0.25, -0.2) is 4.79 Å². The van der Waals surface area contributed by atoms with E-state index in [-0.39, 0.29) is 35.6 Å². The summed E-state index contributed by atoms with van der Waals surface area (Å²) in [6, 6.07) is 0. The van der Waals surface area contributed by atoms with Gasteiger partial charge in [0.1, 0.15) is 11.6 Å². The van der Waals surface area contributed by atoms with Crippen LogP contribution in [0.25, 0.3) is 0 Å². The number of carboxylic acid groups (broad SMARTS) is 1. The number of carboxylic acids is 1. The van der Waals surface area contributed by atoms with Gasteiger partial charge in [0.05, 0.1) is 0 Å². The lowest BCUT2D eigenvalue weighted by Crippen LogP contribution is -2.42. The molecular weight excluding hydrogens is 324 g/mol. The third-order valence-electron chi connectivity index (χ3n) is 5.76. The summed E-state index contributed by atoms with van der Waals surface area (Å²) in [5.41, 5.74) is -0.107. The molecule has 0 aromatic heterocycles. The van der Waals surface area contributed by atoms with Crippen LogP contribution in [0.3, 0.4) is 0 Å². The quantitative estimate of drug-likeness (QED) is 0.434. The van der Waals surface area contributed by atoms with Gasteiger partial charge in [-0.3, -0.25) is 14.4 Å². The van der Waals surface area contributed by atoms with E-state index in [4.69, 9.17) is 10.2 Å². The molecule has 6 heteroatoms. The van der Waals surface area contributed by atoms with Crippen LogP contribution >= 0.6 is 0 Å². The van der Waals surface area contributed by atoms with Gasteiger partial charge in [-0.15, -0.1) is 0 Å². The SMILES string of the molecule is CC(=CC=C(O)C(=O)O)C(=O)CC[C@@H]1C(=O)CC[C@]2(C)C(=O)CC[C@@H]12. The number of rotatable bonds is 6. The molecule has 2 saturated carbocycles. The van der Waals surface area contributed by atoms with E-state index in [2.05, 4.69) is 0 Å². The number of ketones is 3. The van der Waals surface area contributed by atoms with E-state index in [1.807, 2.05) is 6.92 Å². The minimum atomic E-state index is -1.46. The van der Waals surface area contributed by atoms with Crippen LogP contribution in [0.1, 0.15) is 52.4 Å². The van der Waals surface area contributed by atoms with Crippen LogP contribution in [0.5, 0.6) is 0 Å². The van der Waals surface area contributed by atoms with E-state index in [0.29, 0.717) is 37.7 Å². The van der Waals surface area contributed by atoms with Crippen molar-refractivity contribution in [1.29, 1.82) is 0 Å². The van der Waals surface area contributed by atoms with E-state index in [1.165, 1.54) is 6.08 Å². The lowest BCUT2D eigenvalue weighted by molar-refractivity contribution is -0.137. The number of aliphatic hydroxyl groups excluding tert-OH is 1. The molecule has 0 aromatic carbocycles. The zero-order chi connectivity index (χ0) is 18.8. The molecule has 0 aromatic rings. The van der Waals surface area contributed by atoms with E-state index in [9.17, 15) is 19.2 Å². The molecule has 0 saturated heterocycles. The molecule has 136 valence electrons. The third kappa shape index (κ3) is 3.89. The Morgan fingerprint density at radius 2 is 1.88 bits per heavy atom. The third-order valence-corrected chi connectivity index (χ3v) is 5.76. The highest BCUT2D eigenvalue weighted by Crippen LogP contribution is 2.52. The van der Waals surface area contributed by atoms with Crippen LogP contribution in [0.4, 0.5) is 0 Å². The van der Waals surface area contributed by atoms with Crippen LogP contribution in [0.15, 0.2) is 23.5 Å². The summed E-state index contributed by atoms with van der Waals surface area (Å²) in [4.78, 5) is 47.2. The molecule has 0 heterocycles. The maximum Gasteiger partial charge on any atom is 0.370 e. The van der Waals surface area contributed by atoms with Crippen LogP contribution in [-0.4, -0.2) is 33.5 Å². The topological polar surface area (TPSA) is 109 Å². The molecule has 0 bridgehead atoms. The summed E-state index contributed by atoms with van der Waals surface area (Å²) in [7, 11) is 0. The standard InChI is InChI=1S/C19H24O6/c1-11(3-6-16(22)18(24)25)14(20)7-4-12-13-5-8-17(23)19(13,2)10-9-15(12)21/h3,6,12-13,22H,4-5,7-10H2,1-2H3,(H,24,25)/t12-,13-,19-/m0/s1. The normalized spacial score (nSPS) is 30.3. The Morgan fingerprint density at radius 1 is 1.20 bits per heavy atom. The van der Waals surface area contributed by atoms with Crippen molar-refractivity contribution in [3.8, 4) is 0 Å². The monoisotopic (exact) mass is 348 g/mol. The fourth-order valence-corrected chi connectivity index (χ4v) is 4.07. The molecule has 2 aliphatic carbocycles. The Morgan fingerprint density at radius 3 is 2.52 bits per heavy atom. The molecule has 0 radical (unpaired) electrons. The largest absolute Gasteiger partial charge is 0.502 e. The van der Waals surface area contributed by atoms with Crippen LogP contribution in [-0.2, 0) is 19.2 Å². The number of fused-ring (bicyclic) bond motifs is 1. The Bertz CT molecular complexity index is 671. The average molecular weight is 348 g/mol. The first-order valence-corrected chi connectivity index (χ1v) is 8.57. The van der Waals surface area contributed by atoms with Gasteiger partial charge >= 0.3 is 5.97 Å². The number of aliphatic hydroxyl groups is 1. The Hall–Kier alpha value is -2.24. The number of allylic oxidation sites excluding steroid dienone is 3. The van der Waals surface area contributed by atoms with Crippen molar-refractivity contribution in [1.82, 2.24) is 0 Å². The van der Waals surface area contributed by atoms with Crippen molar-refractivity contribution in [2.45, 2.75) is 52.4 Å². The average Bonchev–Trinajstić information content (AvgIpc) is 2.87. The zero-order valence-corrected chi connectivity index (χ0v) is 14.6. The van der Waals surface area contributed by atoms with Crippen molar-refractivity contribution in [3.63, 3.8) is 0 Å². The number of hydrogen-bond acceptors (Lipinski definition) is 5. The van der Waals surface area contributed by atoms with Crippen LogP contribution in [0.2, 0.25) is 0 Å². The first-order chi connectivity index (χ1) is 11.7. The van der Waals surface area contributed by atoms with E-state index in [1.54, 1.807) is 6.92 Å². The van der Waals surface area contributed by atoms with Crippen molar-refractivity contribution >= 4 is 23.3 Å². The zero-order valence-electron chi connectivity index (χ0n) is 14.6. The number of carbonyl (C=O) groups excluding carboxylic acids is 3. The number of hydrogen-bond donors (Lipinski definition) is 2. The Labute approximate surface area is 146 Å². The second-order valence-electron chi connectivity index (χ2n) is 7.23. The molecule has 0 spiro atoms. The molecular formula is C19H24O6. The number of aliphatic carboxylic acids is 1. The summed E-state index contributed by atoms with van der Waals surface area (Å²) in [5.74, 6) is -2.37. The van der Waals surface area contributed by atoms with E-state index < -0.39 is 17.1 Å². The lowest BCUT2D eigenvalue weighted by Gasteiger charge is -2.39. The predicted molar refractivity (Wildman–Crippen MR) is 89.9 cm³/mol. The Kier molecular flexibility index (Phi) is 5.60. The summed E-state index contributed by atoms with van der Waals surface area (Å²) in [5, 5.41) is 17.7. The number of carbonyl (C=O) groups is 4. The first kappa shape index (κ1) is 19.1. The fourth-order valence-electron chi connectivity index (χ4n) is 4.07. The number of Topliss-reactive ketones (excluding diaryl/α,β-unsaturated/α-hetero) is 3. The van der Waals surface area contributed by atoms with E-state index >= 15 is 0 Å². The highest BCUT2D eigenvalue weighted by Gasteiger charge is 2.53. The predicted octanol–water partition coefficient (Wildman–Crippen LogP) is 2.77. The maximum atomic E-state index is 12.3. The first-order valence-electron chi connectivity index (χ1n) is 8.57. The van der Waals surface area contributed by atoms with Crippen molar-refractivity contribution < 1.29 is 29.4 Å². The highest BCUT2D eigenvalue weighted by atomic mass is 16.4. The van der Waals surface area contributed by atoms with Gasteiger partial charge in [-0.2, -0.15) is 0 Å². The summed E-state index contributed by atoms with van der Waals surface area (Å²) in [6.45, 7) is 3.48. The minimum absolute atomic E-state index is 0.0225. The molecule has 25 heavy (non-hydrogen) atoms. The van der Waals surface area contributed by atoms with Gasteiger partial charge in [0.15, 0.2) is 5.78 Å². The molecule has 2 aliphatic rings. The smallest absolute Gasteiger partial charge is 0.370 e. The van der Waals surface area contributed by atoms with Crippen molar-refractivity contribution in [2.24, 2.45) is 17.3 Å². The van der Waals surface area contributed by atoms with Crippen molar-refractivity contribution in [3.05, 3.63) is 23.5 Å². The molecule has 6 nitrogen and oxygen atoms in total. The van der Waals surface area contributed by atoms with Gasteiger partial charge in [0.2, 0.25) is 5.76 Å². The minimum Gasteiger partial charge on any atom is -0.502 e. The summed E-state index contributed by atoms with van der Waals surface area (Å²) < 4.78 is 0. The molecule has 2 N–H and O–H groups in total. The summed E-state index contributed by atoms with van der Waals surface area (Å²) in [6.07, 6.45) is 5.03. The maximum absolute atomic E-state index is 12.3. The summed E-state index contributed by atoms with van der Waals surface area (Å²) >= 11 is 0. The van der Waals surface area contributed by atoms with Gasteiger partial charge in [0, 0.05) is 30.6 Å². The van der Waals surface area contributed by atoms with Gasteiger partial charge in [-0.05, 0) is 43.8 Å². The second-order valence-corrected chi connectivity index (χ2v) is 7.23. The van der Waals surface area contributed by atoms with E-state index in [0.717, 1.165) is 6.08 Å².